The molecule has 0 saturated heterocycles. The van der Waals surface area contributed by atoms with E-state index >= 15 is 0 Å². The zero-order valence-electron chi connectivity index (χ0n) is 8.23. The van der Waals surface area contributed by atoms with Gasteiger partial charge in [0, 0.05) is 0 Å². The summed E-state index contributed by atoms with van der Waals surface area (Å²) in [7, 11) is -2.51. The van der Waals surface area contributed by atoms with Gasteiger partial charge in [0.05, 0.1) is 17.8 Å². The van der Waals surface area contributed by atoms with Gasteiger partial charge >= 0.3 is 0 Å². The quantitative estimate of drug-likeness (QED) is 0.576. The van der Waals surface area contributed by atoms with Gasteiger partial charge in [0.25, 0.3) is 0 Å². The first-order valence-electron chi connectivity index (χ1n) is 4.51. The first kappa shape index (κ1) is 13.1. The number of ether oxygens (including phenoxy) is 1. The van der Waals surface area contributed by atoms with Crippen LogP contribution in [0.25, 0.3) is 0 Å². The van der Waals surface area contributed by atoms with Crippen molar-refractivity contribution in [2.45, 2.75) is 6.61 Å². The molecule has 84 valence electrons. The molecule has 2 nitrogen and oxygen atoms in total. The molecule has 0 aromatic heterocycles. The van der Waals surface area contributed by atoms with Gasteiger partial charge in [-0.05, 0) is 5.56 Å². The van der Waals surface area contributed by atoms with E-state index in [1.165, 1.54) is 0 Å². The monoisotopic (exact) mass is 266 g/mol. The Morgan fingerprint density at radius 2 is 1.73 bits per heavy atom. The summed E-state index contributed by atoms with van der Waals surface area (Å²) < 4.78 is 17.1. The maximum absolute atomic E-state index is 11.8. The second kappa shape index (κ2) is 6.55. The van der Waals surface area contributed by atoms with Crippen molar-refractivity contribution in [1.82, 2.24) is 0 Å². The topological polar surface area (TPSA) is 26.3 Å². The summed E-state index contributed by atoms with van der Waals surface area (Å²) in [6.45, 7) is 0.443. The van der Waals surface area contributed by atoms with Crippen molar-refractivity contribution in [3.63, 3.8) is 0 Å². The summed E-state index contributed by atoms with van der Waals surface area (Å²) >= 11 is 11.1. The molecule has 0 unspecified atom stereocenters. The zero-order chi connectivity index (χ0) is 11.1. The van der Waals surface area contributed by atoms with Crippen molar-refractivity contribution in [2.75, 3.05) is 17.6 Å². The Kier molecular flexibility index (Phi) is 5.70. The van der Waals surface area contributed by atoms with Crippen LogP contribution in [0.15, 0.2) is 30.3 Å². The Morgan fingerprint density at radius 3 is 2.27 bits per heavy atom. The highest BCUT2D eigenvalue weighted by Crippen LogP contribution is 2.47. The molecule has 0 amide bonds. The Balaban J connectivity index is 2.36. The van der Waals surface area contributed by atoms with Gasteiger partial charge < -0.3 is 9.30 Å². The van der Waals surface area contributed by atoms with Crippen LogP contribution in [0.2, 0.25) is 0 Å². The molecular formula is C10H13Cl2O2P. The molecule has 15 heavy (non-hydrogen) atoms. The summed E-state index contributed by atoms with van der Waals surface area (Å²) in [5, 5.41) is 0. The number of halogens is 2. The maximum Gasteiger partial charge on any atom is 0.140 e. The van der Waals surface area contributed by atoms with Crippen molar-refractivity contribution in [1.29, 1.82) is 0 Å². The van der Waals surface area contributed by atoms with Gasteiger partial charge in [-0.1, -0.05) is 30.3 Å². The Morgan fingerprint density at radius 1 is 1.13 bits per heavy atom. The van der Waals surface area contributed by atoms with Crippen molar-refractivity contribution in [2.24, 2.45) is 0 Å². The van der Waals surface area contributed by atoms with E-state index < -0.39 is 7.14 Å². The maximum atomic E-state index is 11.8. The lowest BCUT2D eigenvalue weighted by Gasteiger charge is -2.12. The molecule has 1 aromatic carbocycles. The minimum Gasteiger partial charge on any atom is -0.369 e. The molecule has 0 saturated carbocycles. The van der Waals surface area contributed by atoms with Crippen LogP contribution in [-0.4, -0.2) is 17.6 Å². The van der Waals surface area contributed by atoms with Gasteiger partial charge in [0.15, 0.2) is 0 Å². The van der Waals surface area contributed by atoms with Crippen LogP contribution in [0, 0.1) is 0 Å². The van der Waals surface area contributed by atoms with Gasteiger partial charge in [0.1, 0.15) is 13.5 Å². The summed E-state index contributed by atoms with van der Waals surface area (Å²) in [5.41, 5.74) is 1.20. The molecule has 0 aliphatic rings. The number of rotatable bonds is 6. The molecule has 0 aliphatic carbocycles. The lowest BCUT2D eigenvalue weighted by atomic mass is 10.2. The van der Waals surface area contributed by atoms with E-state index in [9.17, 15) is 4.57 Å². The molecule has 0 aliphatic heterocycles. The second-order valence-corrected chi connectivity index (χ2v) is 7.55. The minimum atomic E-state index is -2.51. The molecule has 0 spiro atoms. The Labute approximate surface area is 99.9 Å². The summed E-state index contributed by atoms with van der Waals surface area (Å²) in [6.07, 6.45) is 0.148. The molecule has 0 fully saturated rings. The molecule has 0 bridgehead atoms. The van der Waals surface area contributed by atoms with Gasteiger partial charge in [-0.15, -0.1) is 23.2 Å². The standard InChI is InChI=1S/C10H13Cl2O2P/c11-7-15(13,8-12)9-14-6-10-4-2-1-3-5-10/h1-5H,6-9H2. The van der Waals surface area contributed by atoms with E-state index in [0.29, 0.717) is 6.61 Å². The van der Waals surface area contributed by atoms with Crippen molar-refractivity contribution in [3.05, 3.63) is 35.9 Å². The third kappa shape index (κ3) is 4.56. The van der Waals surface area contributed by atoms with Gasteiger partial charge in [-0.3, -0.25) is 0 Å². The summed E-state index contributed by atoms with van der Waals surface area (Å²) in [6, 6.07) is 9.70. The van der Waals surface area contributed by atoms with Crippen LogP contribution in [-0.2, 0) is 15.9 Å². The molecule has 1 aromatic rings. The van der Waals surface area contributed by atoms with E-state index in [0.717, 1.165) is 5.56 Å². The van der Waals surface area contributed by atoms with E-state index in [-0.39, 0.29) is 17.6 Å². The highest BCUT2D eigenvalue weighted by Gasteiger charge is 2.19. The van der Waals surface area contributed by atoms with Gasteiger partial charge in [-0.2, -0.15) is 0 Å². The van der Waals surface area contributed by atoms with E-state index in [2.05, 4.69) is 0 Å². The molecule has 0 heterocycles. The van der Waals surface area contributed by atoms with Crippen LogP contribution in [0.3, 0.4) is 0 Å². The van der Waals surface area contributed by atoms with Crippen molar-refractivity contribution >= 4 is 30.3 Å². The summed E-state index contributed by atoms with van der Waals surface area (Å²) in [5.74, 6) is 0. The molecular weight excluding hydrogens is 254 g/mol. The largest absolute Gasteiger partial charge is 0.369 e. The van der Waals surface area contributed by atoms with Crippen LogP contribution < -0.4 is 0 Å². The molecule has 1 rings (SSSR count). The smallest absolute Gasteiger partial charge is 0.140 e. The average molecular weight is 267 g/mol. The highest BCUT2D eigenvalue weighted by atomic mass is 35.5. The van der Waals surface area contributed by atoms with Crippen LogP contribution in [0.5, 0.6) is 0 Å². The fourth-order valence-corrected chi connectivity index (χ4v) is 2.81. The molecule has 0 N–H and O–H groups in total. The molecule has 0 radical (unpaired) electrons. The fraction of sp³-hybridized carbons (Fsp3) is 0.400. The lowest BCUT2D eigenvalue weighted by molar-refractivity contribution is 0.162. The minimum absolute atomic E-state index is 0.0747. The third-order valence-electron chi connectivity index (χ3n) is 1.87. The fourth-order valence-electron chi connectivity index (χ4n) is 1.01. The van der Waals surface area contributed by atoms with Crippen LogP contribution in [0.1, 0.15) is 5.56 Å². The van der Waals surface area contributed by atoms with Crippen molar-refractivity contribution < 1.29 is 9.30 Å². The average Bonchev–Trinajstić information content (AvgIpc) is 2.30. The van der Waals surface area contributed by atoms with E-state index in [4.69, 9.17) is 27.9 Å². The van der Waals surface area contributed by atoms with E-state index in [1.807, 2.05) is 30.3 Å². The summed E-state index contributed by atoms with van der Waals surface area (Å²) in [4.78, 5) is 0. The first-order chi connectivity index (χ1) is 7.20. The Bertz CT molecular complexity index is 321. The van der Waals surface area contributed by atoms with Gasteiger partial charge in [-0.25, -0.2) is 0 Å². The van der Waals surface area contributed by atoms with E-state index in [1.54, 1.807) is 0 Å². The van der Waals surface area contributed by atoms with Crippen LogP contribution >= 0.6 is 30.3 Å². The van der Waals surface area contributed by atoms with Crippen molar-refractivity contribution in [3.8, 4) is 0 Å². The first-order valence-corrected chi connectivity index (χ1v) is 7.84. The number of alkyl halides is 2. The SMILES string of the molecule is O=P(CCl)(CCl)COCc1ccccc1. The highest BCUT2D eigenvalue weighted by molar-refractivity contribution is 7.66. The third-order valence-corrected chi connectivity index (χ3v) is 6.01. The lowest BCUT2D eigenvalue weighted by Crippen LogP contribution is -1.99. The predicted octanol–water partition coefficient (Wildman–Crippen LogP) is 3.92. The number of hydrogen-bond donors (Lipinski definition) is 0. The molecule has 5 heteroatoms. The zero-order valence-corrected chi connectivity index (χ0v) is 10.6. The normalized spacial score (nSPS) is 11.6. The number of benzene rings is 1. The van der Waals surface area contributed by atoms with Crippen LogP contribution in [0.4, 0.5) is 0 Å². The Hall–Kier alpha value is -0.0100. The predicted molar refractivity (Wildman–Crippen MR) is 65.1 cm³/mol. The number of hydrogen-bond acceptors (Lipinski definition) is 2. The molecule has 0 atom stereocenters. The van der Waals surface area contributed by atoms with Gasteiger partial charge in [0.2, 0.25) is 0 Å². The second-order valence-electron chi connectivity index (χ2n) is 3.26.